The molecule has 1 atom stereocenters. The van der Waals surface area contributed by atoms with Gasteiger partial charge in [-0.05, 0) is 12.5 Å². The average molecular weight is 336 g/mol. The molecule has 1 aromatic heterocycles. The first kappa shape index (κ1) is 17.5. The Morgan fingerprint density at radius 1 is 1.43 bits per heavy atom. The molecule has 0 radical (unpaired) electrons. The lowest BCUT2D eigenvalue weighted by atomic mass is 9.96. The number of unbranched alkanes of at least 4 members (excludes halogenated alkanes) is 1. The molecule has 0 saturated heterocycles. The van der Waals surface area contributed by atoms with E-state index in [0.29, 0.717) is 5.56 Å². The van der Waals surface area contributed by atoms with E-state index in [0.717, 1.165) is 36.0 Å². The summed E-state index contributed by atoms with van der Waals surface area (Å²) < 4.78 is 5.15. The molecule has 1 aromatic carbocycles. The van der Waals surface area contributed by atoms with Crippen molar-refractivity contribution < 1.29 is 9.53 Å². The fourth-order valence-electron chi connectivity index (χ4n) is 2.57. The summed E-state index contributed by atoms with van der Waals surface area (Å²) in [5, 5.41) is 4.61. The molecular weight excluding hydrogens is 314 g/mol. The van der Waals surface area contributed by atoms with Gasteiger partial charge in [0.2, 0.25) is 5.91 Å². The van der Waals surface area contributed by atoms with Crippen LogP contribution in [0, 0.1) is 0 Å². The molecule has 0 aliphatic rings. The topological polar surface area (TPSA) is 77.2 Å². The molecular formula is C17H22ClN3O2. The van der Waals surface area contributed by atoms with Crippen molar-refractivity contribution in [2.75, 3.05) is 25.6 Å². The molecule has 23 heavy (non-hydrogen) atoms. The van der Waals surface area contributed by atoms with Crippen LogP contribution >= 0.6 is 11.6 Å². The molecule has 2 aromatic rings. The van der Waals surface area contributed by atoms with Gasteiger partial charge < -0.3 is 15.8 Å². The molecule has 0 aliphatic carbocycles. The van der Waals surface area contributed by atoms with Crippen molar-refractivity contribution in [1.29, 1.82) is 0 Å². The third-order valence-electron chi connectivity index (χ3n) is 3.74. The molecule has 124 valence electrons. The van der Waals surface area contributed by atoms with Gasteiger partial charge in [0.1, 0.15) is 5.15 Å². The lowest BCUT2D eigenvalue weighted by Gasteiger charge is -2.21. The zero-order valence-corrected chi connectivity index (χ0v) is 14.2. The molecule has 1 unspecified atom stereocenters. The lowest BCUT2D eigenvalue weighted by molar-refractivity contribution is -0.120. The monoisotopic (exact) mass is 335 g/mol. The van der Waals surface area contributed by atoms with E-state index in [1.54, 1.807) is 0 Å². The Labute approximate surface area is 141 Å². The maximum Gasteiger partial charge on any atom is 0.227 e. The van der Waals surface area contributed by atoms with Crippen molar-refractivity contribution in [1.82, 2.24) is 4.98 Å². The number of benzene rings is 1. The highest BCUT2D eigenvalue weighted by atomic mass is 35.5. The van der Waals surface area contributed by atoms with Crippen LogP contribution in [0.25, 0.3) is 10.9 Å². The number of hydrogen-bond donors (Lipinski definition) is 2. The first-order chi connectivity index (χ1) is 11.1. The number of primary amides is 1. The van der Waals surface area contributed by atoms with Crippen LogP contribution in [0.1, 0.15) is 31.2 Å². The van der Waals surface area contributed by atoms with Crippen molar-refractivity contribution in [3.05, 3.63) is 35.0 Å². The summed E-state index contributed by atoms with van der Waals surface area (Å²) in [5.41, 5.74) is 7.76. The Kier molecular flexibility index (Phi) is 6.19. The van der Waals surface area contributed by atoms with Gasteiger partial charge in [-0.2, -0.15) is 0 Å². The standard InChI is InChI=1S/C17H22ClN3O2/c1-3-4-9-20-15-11-7-5-6-8-13(11)21-16(18)14(15)12(10-23-2)17(19)22/h5-8,12H,3-4,9-10H2,1-2H3,(H2,19,22)(H,20,21). The summed E-state index contributed by atoms with van der Waals surface area (Å²) in [6.07, 6.45) is 2.08. The van der Waals surface area contributed by atoms with Gasteiger partial charge in [-0.15, -0.1) is 0 Å². The number of fused-ring (bicyclic) bond motifs is 1. The summed E-state index contributed by atoms with van der Waals surface area (Å²) in [5.74, 6) is -1.13. The number of carbonyl (C=O) groups is 1. The summed E-state index contributed by atoms with van der Waals surface area (Å²) in [6, 6.07) is 7.69. The Hall–Kier alpha value is -1.85. The van der Waals surface area contributed by atoms with Crippen LogP contribution in [0.4, 0.5) is 5.69 Å². The van der Waals surface area contributed by atoms with Crippen LogP contribution < -0.4 is 11.1 Å². The first-order valence-corrected chi connectivity index (χ1v) is 8.08. The van der Waals surface area contributed by atoms with Crippen molar-refractivity contribution in [2.45, 2.75) is 25.7 Å². The highest BCUT2D eigenvalue weighted by Crippen LogP contribution is 2.36. The Bertz CT molecular complexity index is 691. The van der Waals surface area contributed by atoms with Crippen molar-refractivity contribution in [2.24, 2.45) is 5.73 Å². The first-order valence-electron chi connectivity index (χ1n) is 7.70. The Balaban J connectivity index is 2.62. The number of hydrogen-bond acceptors (Lipinski definition) is 4. The zero-order chi connectivity index (χ0) is 16.8. The van der Waals surface area contributed by atoms with Crippen LogP contribution in [0.5, 0.6) is 0 Å². The summed E-state index contributed by atoms with van der Waals surface area (Å²) in [7, 11) is 1.53. The number of anilines is 1. The molecule has 6 heteroatoms. The van der Waals surface area contributed by atoms with E-state index >= 15 is 0 Å². The number of rotatable bonds is 8. The third kappa shape index (κ3) is 3.92. The van der Waals surface area contributed by atoms with Gasteiger partial charge in [0.05, 0.1) is 23.7 Å². The van der Waals surface area contributed by atoms with Crippen molar-refractivity contribution in [3.8, 4) is 0 Å². The van der Waals surface area contributed by atoms with E-state index < -0.39 is 11.8 Å². The van der Waals surface area contributed by atoms with Gasteiger partial charge in [0.25, 0.3) is 0 Å². The molecule has 0 bridgehead atoms. The van der Waals surface area contributed by atoms with E-state index in [4.69, 9.17) is 22.1 Å². The fraction of sp³-hybridized carbons (Fsp3) is 0.412. The van der Waals surface area contributed by atoms with Gasteiger partial charge >= 0.3 is 0 Å². The molecule has 0 spiro atoms. The summed E-state index contributed by atoms with van der Waals surface area (Å²) >= 11 is 6.38. The predicted octanol–water partition coefficient (Wildman–Crippen LogP) is 3.32. The van der Waals surface area contributed by atoms with E-state index in [2.05, 4.69) is 17.2 Å². The maximum atomic E-state index is 11.9. The SMILES string of the molecule is CCCCNc1c(C(COC)C(N)=O)c(Cl)nc2ccccc12. The van der Waals surface area contributed by atoms with Crippen LogP contribution in [-0.4, -0.2) is 31.2 Å². The lowest BCUT2D eigenvalue weighted by Crippen LogP contribution is -2.26. The van der Waals surface area contributed by atoms with Crippen LogP contribution in [0.15, 0.2) is 24.3 Å². The van der Waals surface area contributed by atoms with Crippen molar-refractivity contribution >= 4 is 34.1 Å². The number of para-hydroxylation sites is 1. The number of nitrogens with two attached hydrogens (primary N) is 1. The van der Waals surface area contributed by atoms with Crippen molar-refractivity contribution in [3.63, 3.8) is 0 Å². The smallest absolute Gasteiger partial charge is 0.227 e. The average Bonchev–Trinajstić information content (AvgIpc) is 2.53. The van der Waals surface area contributed by atoms with Gasteiger partial charge in [-0.3, -0.25) is 4.79 Å². The van der Waals surface area contributed by atoms with Gasteiger partial charge in [-0.25, -0.2) is 4.98 Å². The van der Waals surface area contributed by atoms with Crippen LogP contribution in [0.2, 0.25) is 5.15 Å². The molecule has 0 saturated carbocycles. The maximum absolute atomic E-state index is 11.9. The zero-order valence-electron chi connectivity index (χ0n) is 13.4. The number of halogens is 1. The third-order valence-corrected chi connectivity index (χ3v) is 4.03. The van der Waals surface area contributed by atoms with E-state index in [-0.39, 0.29) is 11.8 Å². The Morgan fingerprint density at radius 2 is 2.17 bits per heavy atom. The molecule has 1 heterocycles. The van der Waals surface area contributed by atoms with Gasteiger partial charge in [0, 0.05) is 24.6 Å². The predicted molar refractivity (Wildman–Crippen MR) is 94.0 cm³/mol. The number of nitrogens with zero attached hydrogens (tertiary/aromatic N) is 1. The second-order valence-electron chi connectivity index (χ2n) is 5.40. The number of ether oxygens (including phenoxy) is 1. The highest BCUT2D eigenvalue weighted by molar-refractivity contribution is 6.31. The van der Waals surface area contributed by atoms with Gasteiger partial charge in [0.15, 0.2) is 0 Å². The van der Waals surface area contributed by atoms with Crippen LogP contribution in [0.3, 0.4) is 0 Å². The molecule has 0 aliphatic heterocycles. The number of pyridine rings is 1. The molecule has 1 amide bonds. The number of methoxy groups -OCH3 is 1. The second kappa shape index (κ2) is 8.13. The minimum Gasteiger partial charge on any atom is -0.384 e. The molecule has 0 fully saturated rings. The highest BCUT2D eigenvalue weighted by Gasteiger charge is 2.26. The fourth-order valence-corrected chi connectivity index (χ4v) is 2.89. The van der Waals surface area contributed by atoms with E-state index in [9.17, 15) is 4.79 Å². The normalized spacial score (nSPS) is 12.3. The molecule has 5 nitrogen and oxygen atoms in total. The van der Waals surface area contributed by atoms with E-state index in [1.165, 1.54) is 7.11 Å². The minimum absolute atomic E-state index is 0.164. The number of aromatic nitrogens is 1. The number of amides is 1. The summed E-state index contributed by atoms with van der Waals surface area (Å²) in [6.45, 7) is 3.07. The summed E-state index contributed by atoms with van der Waals surface area (Å²) in [4.78, 5) is 16.3. The minimum atomic E-state index is -0.645. The van der Waals surface area contributed by atoms with Crippen LogP contribution in [-0.2, 0) is 9.53 Å². The van der Waals surface area contributed by atoms with Gasteiger partial charge in [-0.1, -0.05) is 43.1 Å². The number of carbonyl (C=O) groups excluding carboxylic acids is 1. The number of nitrogens with one attached hydrogen (secondary N) is 1. The molecule has 2 rings (SSSR count). The quantitative estimate of drug-likeness (QED) is 0.573. The van der Waals surface area contributed by atoms with E-state index in [1.807, 2.05) is 24.3 Å². The Morgan fingerprint density at radius 3 is 2.83 bits per heavy atom. The largest absolute Gasteiger partial charge is 0.384 e. The molecule has 3 N–H and O–H groups in total. The second-order valence-corrected chi connectivity index (χ2v) is 5.76.